The number of likely N-dealkylation sites (tertiary alicyclic amines) is 1. The van der Waals surface area contributed by atoms with E-state index in [1.807, 2.05) is 6.07 Å². The molecular weight excluding hydrogens is 304 g/mol. The van der Waals surface area contributed by atoms with Crippen LogP contribution in [-0.4, -0.2) is 46.7 Å². The minimum atomic E-state index is -1.22. The molecule has 0 N–H and O–H groups in total. The summed E-state index contributed by atoms with van der Waals surface area (Å²) in [6.45, 7) is 0.0483. The van der Waals surface area contributed by atoms with Gasteiger partial charge in [0.05, 0.1) is 18.9 Å². The van der Waals surface area contributed by atoms with Crippen molar-refractivity contribution in [3.8, 4) is 0 Å². The average molecular weight is 316 g/mol. The zero-order chi connectivity index (χ0) is 16.6. The van der Waals surface area contributed by atoms with Gasteiger partial charge in [0.2, 0.25) is 5.91 Å². The molecule has 1 aromatic rings. The molecule has 9 heteroatoms. The first-order valence-corrected chi connectivity index (χ1v) is 6.77. The summed E-state index contributed by atoms with van der Waals surface area (Å²) in [4.78, 5) is 48.6. The molecule has 118 valence electrons. The van der Waals surface area contributed by atoms with E-state index in [2.05, 4.69) is 15.1 Å². The highest BCUT2D eigenvalue weighted by atomic mass is 16.5. The highest BCUT2D eigenvalue weighted by Crippen LogP contribution is 2.33. The number of esters is 1. The molecule has 2 unspecified atom stereocenters. The molecule has 0 aliphatic carbocycles. The van der Waals surface area contributed by atoms with Crippen LogP contribution >= 0.6 is 0 Å². The van der Waals surface area contributed by atoms with Gasteiger partial charge in [-0.15, -0.1) is 15.1 Å². The number of amides is 2. The number of ether oxygens (including phenoxy) is 1. The van der Waals surface area contributed by atoms with Crippen molar-refractivity contribution in [2.45, 2.75) is 12.6 Å². The Morgan fingerprint density at radius 1 is 1.26 bits per heavy atom. The third-order valence-corrected chi connectivity index (χ3v) is 3.78. The Hall–Kier alpha value is -3.10. The number of fused-ring (bicyclic) bond motifs is 1. The molecule has 2 amide bonds. The minimum Gasteiger partial charge on any atom is -0.464 e. The van der Waals surface area contributed by atoms with E-state index in [0.717, 1.165) is 17.6 Å². The van der Waals surface area contributed by atoms with Crippen LogP contribution in [0, 0.1) is 10.8 Å². The normalized spacial score (nSPS) is 22.9. The van der Waals surface area contributed by atoms with Gasteiger partial charge < -0.3 is 4.74 Å². The number of carbonyl (C=O) groups excluding carboxylic acids is 3. The van der Waals surface area contributed by atoms with Crippen molar-refractivity contribution >= 4 is 23.5 Å². The van der Waals surface area contributed by atoms with Crippen molar-refractivity contribution in [3.05, 3.63) is 40.8 Å². The number of methoxy groups -OCH3 is 1. The van der Waals surface area contributed by atoms with Gasteiger partial charge in [-0.3, -0.25) is 14.5 Å². The highest BCUT2D eigenvalue weighted by Gasteiger charge is 2.59. The van der Waals surface area contributed by atoms with Crippen LogP contribution < -0.4 is 0 Å². The van der Waals surface area contributed by atoms with Gasteiger partial charge in [0.1, 0.15) is 5.92 Å². The molecule has 2 aliphatic rings. The molecule has 3 rings (SSSR count). The van der Waals surface area contributed by atoms with Crippen LogP contribution in [0.5, 0.6) is 0 Å². The summed E-state index contributed by atoms with van der Waals surface area (Å²) in [6.07, 6.45) is 0. The maximum Gasteiger partial charge on any atom is 0.355 e. The lowest BCUT2D eigenvalue weighted by molar-refractivity contribution is -0.141. The molecule has 0 radical (unpaired) electrons. The summed E-state index contributed by atoms with van der Waals surface area (Å²) in [6, 6.07) is 7.67. The van der Waals surface area contributed by atoms with Gasteiger partial charge in [-0.1, -0.05) is 30.3 Å². The number of nitrogens with zero attached hydrogens (tertiary/aromatic N) is 4. The number of rotatable bonds is 4. The van der Waals surface area contributed by atoms with Crippen molar-refractivity contribution in [1.29, 1.82) is 0 Å². The number of carbonyl (C=O) groups is 3. The summed E-state index contributed by atoms with van der Waals surface area (Å²) in [5.41, 5.74) is 0.461. The predicted octanol–water partition coefficient (Wildman–Crippen LogP) is 0.0662. The smallest absolute Gasteiger partial charge is 0.355 e. The molecule has 2 atom stereocenters. The van der Waals surface area contributed by atoms with E-state index in [9.17, 15) is 19.3 Å². The third-order valence-electron chi connectivity index (χ3n) is 3.78. The largest absolute Gasteiger partial charge is 0.464 e. The third kappa shape index (κ3) is 2.26. The quantitative estimate of drug-likeness (QED) is 0.441. The van der Waals surface area contributed by atoms with Crippen LogP contribution in [-0.2, 0) is 25.7 Å². The molecule has 1 aromatic carbocycles. The number of nitroso groups, excluding NO2 is 1. The van der Waals surface area contributed by atoms with Crippen LogP contribution in [0.2, 0.25) is 0 Å². The van der Waals surface area contributed by atoms with E-state index < -0.39 is 29.7 Å². The van der Waals surface area contributed by atoms with Crippen LogP contribution in [0.3, 0.4) is 0 Å². The number of hydrogen-bond acceptors (Lipinski definition) is 7. The molecule has 2 aliphatic heterocycles. The molecule has 0 saturated carbocycles. The van der Waals surface area contributed by atoms with Gasteiger partial charge in [-0.25, -0.2) is 4.79 Å². The second-order valence-electron chi connectivity index (χ2n) is 5.05. The fraction of sp³-hybridized carbons (Fsp3) is 0.286. The van der Waals surface area contributed by atoms with Crippen molar-refractivity contribution in [2.24, 2.45) is 16.3 Å². The van der Waals surface area contributed by atoms with E-state index in [1.165, 1.54) is 0 Å². The van der Waals surface area contributed by atoms with Gasteiger partial charge in [0.25, 0.3) is 5.91 Å². The molecular formula is C14H12N4O5. The van der Waals surface area contributed by atoms with Gasteiger partial charge in [0.15, 0.2) is 11.8 Å². The first-order chi connectivity index (χ1) is 11.1. The number of hydrazone groups is 1. The summed E-state index contributed by atoms with van der Waals surface area (Å²) in [5, 5.41) is 6.80. The number of hydrogen-bond donors (Lipinski definition) is 0. The van der Waals surface area contributed by atoms with Gasteiger partial charge >= 0.3 is 5.97 Å². The Balaban J connectivity index is 1.92. The lowest BCUT2D eigenvalue weighted by Crippen LogP contribution is -2.36. The van der Waals surface area contributed by atoms with E-state index in [0.29, 0.717) is 5.12 Å². The fourth-order valence-electron chi connectivity index (χ4n) is 2.71. The SMILES string of the molecule is COC(=O)C1=NN(N=O)C2C(=O)N(Cc3ccccc3)C(=O)C12. The molecule has 0 bridgehead atoms. The van der Waals surface area contributed by atoms with E-state index >= 15 is 0 Å². The van der Waals surface area contributed by atoms with Crippen LogP contribution in [0.15, 0.2) is 40.7 Å². The highest BCUT2D eigenvalue weighted by molar-refractivity contribution is 6.43. The van der Waals surface area contributed by atoms with Crippen LogP contribution in [0.1, 0.15) is 5.56 Å². The summed E-state index contributed by atoms with van der Waals surface area (Å²) in [7, 11) is 1.12. The number of imide groups is 1. The van der Waals surface area contributed by atoms with Gasteiger partial charge in [-0.05, 0) is 5.56 Å². The number of benzene rings is 1. The Morgan fingerprint density at radius 3 is 2.57 bits per heavy atom. The maximum absolute atomic E-state index is 12.5. The van der Waals surface area contributed by atoms with Crippen LogP contribution in [0.25, 0.3) is 0 Å². The van der Waals surface area contributed by atoms with E-state index in [4.69, 9.17) is 0 Å². The standard InChI is InChI=1S/C14H12N4O5/c1-23-14(21)10-9-11(18(15-10)16-22)13(20)17(12(9)19)7-8-5-3-2-4-6-8/h2-6,9,11H,7H2,1H3. The summed E-state index contributed by atoms with van der Waals surface area (Å²) in [5.74, 6) is -3.25. The van der Waals surface area contributed by atoms with Crippen molar-refractivity contribution in [2.75, 3.05) is 7.11 Å². The zero-order valence-electron chi connectivity index (χ0n) is 12.1. The predicted molar refractivity (Wildman–Crippen MR) is 76.4 cm³/mol. The average Bonchev–Trinajstić information content (AvgIpc) is 3.07. The molecule has 1 fully saturated rings. The molecule has 2 heterocycles. The molecule has 0 spiro atoms. The first-order valence-electron chi connectivity index (χ1n) is 6.77. The zero-order valence-corrected chi connectivity index (χ0v) is 12.1. The Labute approximate surface area is 130 Å². The van der Waals surface area contributed by atoms with E-state index in [1.54, 1.807) is 24.3 Å². The summed E-state index contributed by atoms with van der Waals surface area (Å²) >= 11 is 0. The topological polar surface area (TPSA) is 109 Å². The molecule has 0 aromatic heterocycles. The van der Waals surface area contributed by atoms with Crippen molar-refractivity contribution in [1.82, 2.24) is 10.0 Å². The molecule has 9 nitrogen and oxygen atoms in total. The van der Waals surface area contributed by atoms with E-state index in [-0.39, 0.29) is 12.3 Å². The second-order valence-corrected chi connectivity index (χ2v) is 5.05. The van der Waals surface area contributed by atoms with Gasteiger partial charge in [-0.2, -0.15) is 0 Å². The monoisotopic (exact) mass is 316 g/mol. The maximum atomic E-state index is 12.5. The van der Waals surface area contributed by atoms with Crippen molar-refractivity contribution < 1.29 is 19.1 Å². The van der Waals surface area contributed by atoms with Gasteiger partial charge in [0, 0.05) is 0 Å². The Morgan fingerprint density at radius 2 is 1.96 bits per heavy atom. The first kappa shape index (κ1) is 14.8. The minimum absolute atomic E-state index is 0.0483. The lowest BCUT2D eigenvalue weighted by Gasteiger charge is -2.16. The van der Waals surface area contributed by atoms with Crippen molar-refractivity contribution in [3.63, 3.8) is 0 Å². The van der Waals surface area contributed by atoms with Crippen LogP contribution in [0.4, 0.5) is 0 Å². The summed E-state index contributed by atoms with van der Waals surface area (Å²) < 4.78 is 4.55. The Kier molecular flexibility index (Phi) is 3.61. The molecule has 23 heavy (non-hydrogen) atoms. The lowest BCUT2D eigenvalue weighted by atomic mass is 9.98. The molecule has 1 saturated heterocycles. The Bertz CT molecular complexity index is 717. The fourth-order valence-corrected chi connectivity index (χ4v) is 2.71. The second kappa shape index (κ2) is 5.59.